The second kappa shape index (κ2) is 18.8. The molecule has 8 rings (SSSR count). The summed E-state index contributed by atoms with van der Waals surface area (Å²) in [7, 11) is -4.76. The lowest BCUT2D eigenvalue weighted by Gasteiger charge is -2.37. The van der Waals surface area contributed by atoms with E-state index in [1.54, 1.807) is 37.3 Å². The number of nitrogens with two attached hydrogens (primary N) is 2. The number of hydrogen-bond acceptors (Lipinski definition) is 7. The van der Waals surface area contributed by atoms with Crippen LogP contribution in [0, 0.1) is 19.8 Å². The molecule has 2 atom stereocenters. The smallest absolute Gasteiger partial charge is 0.336 e. The van der Waals surface area contributed by atoms with E-state index in [1.807, 2.05) is 32.0 Å². The number of nitrogen functional groups attached to an aromatic ring is 1. The Hall–Kier alpha value is -6.83. The standard InChI is InChI=1S/C30H35NO3.C24H22N2O6S/c1-7-9-21-15-27-24(12-18(21)5)29(22-11-10-20(17(3)4)14-23(22)30(32)33)25-13-19(6)26(31-8-2)16-28(25)34-27;1-11(2)13-4-5-14(17(10-13)24(27)28)20-15-6-8-18(25)12(3)21(15)32-22-16(20)7-9-19(26)23(22)33(29,30)31/h10-17,25,29H,7-9H2,1-6H3,(H,32,33);4-11,25H,26H2,1-3H3,(H,27,28)(H,29,30,31)/p+2. The van der Waals surface area contributed by atoms with Crippen LogP contribution >= 0.6 is 0 Å². The molecule has 0 radical (unpaired) electrons. The van der Waals surface area contributed by atoms with Crippen LogP contribution in [0.3, 0.4) is 0 Å². The van der Waals surface area contributed by atoms with Gasteiger partial charge in [-0.15, -0.1) is 0 Å². The lowest BCUT2D eigenvalue weighted by molar-refractivity contribution is -0.451. The van der Waals surface area contributed by atoms with Crippen LogP contribution < -0.4 is 26.2 Å². The van der Waals surface area contributed by atoms with E-state index < -0.39 is 27.0 Å². The molecule has 4 aliphatic rings. The molecule has 2 aliphatic carbocycles. The highest BCUT2D eigenvalue weighted by Gasteiger charge is 2.40. The number of aromatic carboxylic acids is 2. The predicted molar refractivity (Wildman–Crippen MR) is 260 cm³/mol. The molecule has 0 saturated heterocycles. The van der Waals surface area contributed by atoms with Gasteiger partial charge in [0.05, 0.1) is 22.4 Å². The number of carboxylic acid groups (broad SMARTS) is 2. The van der Waals surface area contributed by atoms with Crippen molar-refractivity contribution in [3.63, 3.8) is 0 Å². The Bertz CT molecular complexity index is 3230. The quantitative estimate of drug-likeness (QED) is 0.0441. The number of benzene rings is 5. The highest BCUT2D eigenvalue weighted by atomic mass is 32.2. The second-order valence-electron chi connectivity index (χ2n) is 18.1. The van der Waals surface area contributed by atoms with Crippen molar-refractivity contribution in [2.75, 3.05) is 12.3 Å². The number of fused-ring (bicyclic) bond motifs is 4. The lowest BCUT2D eigenvalue weighted by atomic mass is 9.72. The maximum absolute atomic E-state index is 12.4. The number of anilines is 1. The molecule has 0 fully saturated rings. The molecule has 0 aromatic heterocycles. The highest BCUT2D eigenvalue weighted by Crippen LogP contribution is 2.50. The molecule has 0 bridgehead atoms. The third-order valence-electron chi connectivity index (χ3n) is 12.9. The van der Waals surface area contributed by atoms with Gasteiger partial charge in [-0.1, -0.05) is 77.4 Å². The van der Waals surface area contributed by atoms with E-state index in [0.717, 1.165) is 64.4 Å². The van der Waals surface area contributed by atoms with Gasteiger partial charge in [-0.05, 0) is 116 Å². The van der Waals surface area contributed by atoms with Crippen molar-refractivity contribution in [1.82, 2.24) is 0 Å². The first-order chi connectivity index (χ1) is 31.7. The number of ether oxygens (including phenoxy) is 1. The molecule has 8 N–H and O–H groups in total. The Morgan fingerprint density at radius 1 is 0.836 bits per heavy atom. The molecule has 2 aliphatic heterocycles. The van der Waals surface area contributed by atoms with Crippen molar-refractivity contribution >= 4 is 44.4 Å². The number of hydrogen-bond donors (Lipinski definition) is 6. The van der Waals surface area contributed by atoms with Gasteiger partial charge in [0.15, 0.2) is 10.5 Å². The number of carboxylic acids is 2. The molecule has 2 unspecified atom stereocenters. The van der Waals surface area contributed by atoms with E-state index >= 15 is 0 Å². The molecule has 13 heteroatoms. The summed E-state index contributed by atoms with van der Waals surface area (Å²) in [5, 5.41) is 27.0. The summed E-state index contributed by atoms with van der Waals surface area (Å²) < 4.78 is 46.8. The monoisotopic (exact) mass is 925 g/mol. The fraction of sp³-hybridized carbons (Fsp3) is 0.296. The Morgan fingerprint density at radius 3 is 2.09 bits per heavy atom. The van der Waals surface area contributed by atoms with Crippen LogP contribution in [0.1, 0.15) is 132 Å². The van der Waals surface area contributed by atoms with E-state index in [1.165, 1.54) is 17.2 Å². The minimum Gasteiger partial charge on any atom is -0.478 e. The van der Waals surface area contributed by atoms with Crippen molar-refractivity contribution in [3.05, 3.63) is 152 Å². The zero-order valence-electron chi connectivity index (χ0n) is 39.4. The van der Waals surface area contributed by atoms with Gasteiger partial charge in [0.25, 0.3) is 10.1 Å². The van der Waals surface area contributed by atoms with Crippen molar-refractivity contribution < 1.29 is 52.3 Å². The van der Waals surface area contributed by atoms with Gasteiger partial charge in [0.1, 0.15) is 23.8 Å². The van der Waals surface area contributed by atoms with Gasteiger partial charge in [0, 0.05) is 51.6 Å². The molecule has 348 valence electrons. The van der Waals surface area contributed by atoms with E-state index in [4.69, 9.17) is 20.3 Å². The van der Waals surface area contributed by atoms with Crippen LogP contribution in [0.5, 0.6) is 5.75 Å². The molecule has 0 amide bonds. The largest absolute Gasteiger partial charge is 0.478 e. The number of allylic oxidation sites excluding steroid dienone is 3. The normalized spacial score (nSPS) is 16.3. The van der Waals surface area contributed by atoms with Crippen molar-refractivity contribution in [1.29, 1.82) is 0 Å². The summed E-state index contributed by atoms with van der Waals surface area (Å²) in [5.41, 5.74) is 16.3. The fourth-order valence-electron chi connectivity index (χ4n) is 9.26. The fourth-order valence-corrected chi connectivity index (χ4v) is 10.0. The van der Waals surface area contributed by atoms with Gasteiger partial charge in [-0.3, -0.25) is 9.96 Å². The van der Waals surface area contributed by atoms with Crippen LogP contribution in [0.15, 0.2) is 106 Å². The maximum Gasteiger partial charge on any atom is 0.336 e. The van der Waals surface area contributed by atoms with Crippen LogP contribution in [0.25, 0.3) is 33.4 Å². The molecule has 67 heavy (non-hydrogen) atoms. The molecule has 0 spiro atoms. The molecule has 0 saturated carbocycles. The molecule has 12 nitrogen and oxygen atoms in total. The summed E-state index contributed by atoms with van der Waals surface area (Å²) in [6.07, 6.45) is 6.39. The number of aryl methyl sites for hydroxylation is 2. The molecule has 2 heterocycles. The third-order valence-corrected chi connectivity index (χ3v) is 13.8. The van der Waals surface area contributed by atoms with E-state index in [9.17, 15) is 32.8 Å². The molecular weight excluding hydrogens is 867 g/mol. The zero-order chi connectivity index (χ0) is 48.8. The second-order valence-corrected chi connectivity index (χ2v) is 19.4. The minimum absolute atomic E-state index is 0.0507. The SMILES string of the molecule is CCCc1cc2c(cc1C)C(c1ccc(C(C)C)cc1C(=O)O)C1C=C(C)C(=[NH+]CC)C=C1O2.Cc1c2oc3c(S(=O)(=O)O)c(N)ccc3c(-c3ccc(C(C)C)cc3C(=O)O)c-2ccc1=[NH2+]. The third kappa shape index (κ3) is 9.18. The number of carbonyl (C=O) groups is 2. The van der Waals surface area contributed by atoms with Crippen LogP contribution in [-0.4, -0.2) is 47.4 Å². The van der Waals surface area contributed by atoms with Gasteiger partial charge in [-0.2, -0.15) is 8.42 Å². The average Bonchev–Trinajstić information content (AvgIpc) is 3.26. The summed E-state index contributed by atoms with van der Waals surface area (Å²) >= 11 is 0. The summed E-state index contributed by atoms with van der Waals surface area (Å²) in [6, 6.07) is 21.7. The minimum atomic E-state index is -4.76. The Labute approximate surface area is 391 Å². The Balaban J connectivity index is 0.000000199. The Morgan fingerprint density at radius 2 is 1.48 bits per heavy atom. The lowest BCUT2D eigenvalue weighted by Crippen LogP contribution is -2.72. The predicted octanol–water partition coefficient (Wildman–Crippen LogP) is 8.12. The number of nitrogens with one attached hydrogen (secondary N) is 1. The highest BCUT2D eigenvalue weighted by molar-refractivity contribution is 7.86. The number of rotatable bonds is 10. The van der Waals surface area contributed by atoms with E-state index in [2.05, 4.69) is 76.9 Å². The van der Waals surface area contributed by atoms with E-state index in [0.29, 0.717) is 33.2 Å². The van der Waals surface area contributed by atoms with Crippen LogP contribution in [-0.2, 0) is 16.5 Å². The first-order valence-corrected chi connectivity index (χ1v) is 24.0. The molecular formula is C54H59N3O9S+2. The van der Waals surface area contributed by atoms with Crippen molar-refractivity contribution in [2.45, 2.75) is 97.8 Å². The molecule has 4 aromatic rings. The summed E-state index contributed by atoms with van der Waals surface area (Å²) in [6.45, 7) is 19.2. The van der Waals surface area contributed by atoms with Crippen LogP contribution in [0.2, 0.25) is 0 Å². The van der Waals surface area contributed by atoms with E-state index in [-0.39, 0.29) is 51.7 Å². The molecule has 4 aromatic carbocycles. The van der Waals surface area contributed by atoms with Gasteiger partial charge >= 0.3 is 11.9 Å². The first-order valence-electron chi connectivity index (χ1n) is 22.6. The van der Waals surface area contributed by atoms with Crippen LogP contribution in [0.4, 0.5) is 5.69 Å². The zero-order valence-corrected chi connectivity index (χ0v) is 40.2. The summed E-state index contributed by atoms with van der Waals surface area (Å²) in [4.78, 5) is 27.5. The topological polar surface area (TPSA) is 217 Å². The van der Waals surface area contributed by atoms with Gasteiger partial charge in [0.2, 0.25) is 11.1 Å². The van der Waals surface area contributed by atoms with Crippen molar-refractivity contribution in [2.24, 2.45) is 5.92 Å². The van der Waals surface area contributed by atoms with Gasteiger partial charge in [-0.25, -0.2) is 14.6 Å². The Kier molecular flexibility index (Phi) is 13.5. The van der Waals surface area contributed by atoms with Crippen molar-refractivity contribution in [3.8, 4) is 28.2 Å². The average molecular weight is 926 g/mol. The van der Waals surface area contributed by atoms with Gasteiger partial charge < -0.3 is 25.1 Å². The maximum atomic E-state index is 12.4. The first kappa shape index (κ1) is 48.1. The summed E-state index contributed by atoms with van der Waals surface area (Å²) in [5.74, 6) is 0.131.